The molecule has 1 heterocycles. The van der Waals surface area contributed by atoms with Crippen molar-refractivity contribution in [2.24, 2.45) is 0 Å². The molecule has 1 fully saturated rings. The van der Waals surface area contributed by atoms with Crippen LogP contribution in [-0.4, -0.2) is 55.1 Å². The summed E-state index contributed by atoms with van der Waals surface area (Å²) >= 11 is 0. The van der Waals surface area contributed by atoms with E-state index < -0.39 is 0 Å². The minimum Gasteiger partial charge on any atom is -0.338 e. The average molecular weight is 293 g/mol. The minimum absolute atomic E-state index is 0.126. The van der Waals surface area contributed by atoms with Crippen LogP contribution >= 0.6 is 0 Å². The smallest absolute Gasteiger partial charge is 0.317 e. The molecule has 0 unspecified atom stereocenters. The molecule has 0 atom stereocenters. The van der Waals surface area contributed by atoms with Crippen LogP contribution in [0, 0.1) is 0 Å². The van der Waals surface area contributed by atoms with E-state index in [4.69, 9.17) is 0 Å². The first-order chi connectivity index (χ1) is 10.3. The topological polar surface area (TPSA) is 35.6 Å². The lowest BCUT2D eigenvalue weighted by atomic mass is 9.97. The predicted molar refractivity (Wildman–Crippen MR) is 87.5 cm³/mol. The first kappa shape index (κ1) is 16.3. The van der Waals surface area contributed by atoms with Crippen LogP contribution in [0.1, 0.15) is 51.9 Å². The fourth-order valence-electron chi connectivity index (χ4n) is 3.13. The summed E-state index contributed by atoms with van der Waals surface area (Å²) in [5.41, 5.74) is 1.53. The monoisotopic (exact) mass is 293 g/mol. The number of nitrogens with zero attached hydrogens (tertiary/aromatic N) is 2. The number of nitrogens with one attached hydrogen (secondary N) is 1. The van der Waals surface area contributed by atoms with Crippen molar-refractivity contribution in [1.29, 1.82) is 0 Å². The molecule has 0 aromatic heterocycles. The maximum Gasteiger partial charge on any atom is 0.317 e. The molecular weight excluding hydrogens is 262 g/mol. The molecule has 0 spiro atoms. The second-order valence-corrected chi connectivity index (χ2v) is 6.27. The van der Waals surface area contributed by atoms with Gasteiger partial charge in [-0.1, -0.05) is 25.0 Å². The van der Waals surface area contributed by atoms with Crippen molar-refractivity contribution < 1.29 is 4.79 Å². The third-order valence-corrected chi connectivity index (χ3v) is 4.59. The average Bonchev–Trinajstić information content (AvgIpc) is 2.54. The predicted octanol–water partition coefficient (Wildman–Crippen LogP) is 3.00. The zero-order valence-corrected chi connectivity index (χ0v) is 13.6. The van der Waals surface area contributed by atoms with E-state index in [9.17, 15) is 4.79 Å². The number of allylic oxidation sites excluding steroid dienone is 1. The minimum atomic E-state index is 0.126. The summed E-state index contributed by atoms with van der Waals surface area (Å²) in [5.74, 6) is 0. The summed E-state index contributed by atoms with van der Waals surface area (Å²) in [6.45, 7) is 8.00. The number of piperazine rings is 1. The highest BCUT2D eigenvalue weighted by atomic mass is 16.2. The van der Waals surface area contributed by atoms with E-state index in [-0.39, 0.29) is 6.03 Å². The molecule has 1 aliphatic heterocycles. The van der Waals surface area contributed by atoms with Gasteiger partial charge >= 0.3 is 6.03 Å². The molecule has 0 saturated carbocycles. The Kier molecular flexibility index (Phi) is 7.07. The Morgan fingerprint density at radius 1 is 1.24 bits per heavy atom. The van der Waals surface area contributed by atoms with Crippen LogP contribution in [0.2, 0.25) is 0 Å². The van der Waals surface area contributed by atoms with Gasteiger partial charge in [0.25, 0.3) is 0 Å². The van der Waals surface area contributed by atoms with Gasteiger partial charge in [-0.2, -0.15) is 0 Å². The van der Waals surface area contributed by atoms with Crippen LogP contribution in [0.25, 0.3) is 0 Å². The molecule has 1 aliphatic carbocycles. The molecule has 21 heavy (non-hydrogen) atoms. The second-order valence-electron chi connectivity index (χ2n) is 6.27. The first-order valence-electron chi connectivity index (χ1n) is 8.72. The van der Waals surface area contributed by atoms with Crippen LogP contribution in [-0.2, 0) is 0 Å². The molecule has 120 valence electrons. The number of amides is 2. The largest absolute Gasteiger partial charge is 0.338 e. The van der Waals surface area contributed by atoms with Gasteiger partial charge in [-0.05, 0) is 45.1 Å². The molecule has 2 aliphatic rings. The van der Waals surface area contributed by atoms with Crippen LogP contribution in [0.5, 0.6) is 0 Å². The molecule has 2 rings (SSSR count). The Morgan fingerprint density at radius 2 is 2.05 bits per heavy atom. The quantitative estimate of drug-likeness (QED) is 0.764. The highest BCUT2D eigenvalue weighted by Gasteiger charge is 2.20. The summed E-state index contributed by atoms with van der Waals surface area (Å²) in [5, 5.41) is 3.09. The normalized spacial score (nSPS) is 20.2. The zero-order valence-electron chi connectivity index (χ0n) is 13.6. The number of rotatable bonds is 6. The van der Waals surface area contributed by atoms with Crippen molar-refractivity contribution in [2.45, 2.75) is 51.9 Å². The van der Waals surface area contributed by atoms with E-state index in [1.54, 1.807) is 0 Å². The van der Waals surface area contributed by atoms with Crippen LogP contribution < -0.4 is 5.32 Å². The van der Waals surface area contributed by atoms with Gasteiger partial charge in [0.2, 0.25) is 0 Å². The number of carbonyl (C=O) groups excluding carboxylic acids is 1. The number of carbonyl (C=O) groups is 1. The highest BCUT2D eigenvalue weighted by molar-refractivity contribution is 5.74. The van der Waals surface area contributed by atoms with E-state index in [0.717, 1.165) is 39.1 Å². The van der Waals surface area contributed by atoms with Crippen LogP contribution in [0.3, 0.4) is 0 Å². The molecule has 4 heteroatoms. The second kappa shape index (κ2) is 9.08. The van der Waals surface area contributed by atoms with Crippen molar-refractivity contribution in [3.05, 3.63) is 11.6 Å². The summed E-state index contributed by atoms with van der Waals surface area (Å²) in [7, 11) is 0. The SMILES string of the molecule is CCCCN1CCN(C(=O)NCCC2=CCCCC2)CC1. The molecule has 1 saturated heterocycles. The van der Waals surface area contributed by atoms with Crippen molar-refractivity contribution in [1.82, 2.24) is 15.1 Å². The Bertz CT molecular complexity index is 346. The molecular formula is C17H31N3O. The Hall–Kier alpha value is -1.03. The summed E-state index contributed by atoms with van der Waals surface area (Å²) < 4.78 is 0. The third kappa shape index (κ3) is 5.70. The number of hydrogen-bond donors (Lipinski definition) is 1. The maximum atomic E-state index is 12.1. The molecule has 2 amide bonds. The molecule has 1 N–H and O–H groups in total. The number of urea groups is 1. The van der Waals surface area contributed by atoms with Crippen molar-refractivity contribution >= 4 is 6.03 Å². The van der Waals surface area contributed by atoms with Gasteiger partial charge in [0, 0.05) is 32.7 Å². The molecule has 0 radical (unpaired) electrons. The van der Waals surface area contributed by atoms with Gasteiger partial charge in [0.1, 0.15) is 0 Å². The third-order valence-electron chi connectivity index (χ3n) is 4.59. The molecule has 0 aromatic carbocycles. The summed E-state index contributed by atoms with van der Waals surface area (Å²) in [6, 6.07) is 0.126. The standard InChI is InChI=1S/C17H31N3O/c1-2-3-11-19-12-14-20(15-13-19)17(21)18-10-9-16-7-5-4-6-8-16/h7H,2-6,8-15H2,1H3,(H,18,21). The highest BCUT2D eigenvalue weighted by Crippen LogP contribution is 2.19. The Labute approximate surface area is 129 Å². The van der Waals surface area contributed by atoms with E-state index in [0.29, 0.717) is 0 Å². The van der Waals surface area contributed by atoms with E-state index in [2.05, 4.69) is 23.2 Å². The fourth-order valence-corrected chi connectivity index (χ4v) is 3.13. The van der Waals surface area contributed by atoms with E-state index >= 15 is 0 Å². The molecule has 0 aromatic rings. The van der Waals surface area contributed by atoms with Gasteiger partial charge < -0.3 is 10.2 Å². The van der Waals surface area contributed by atoms with E-state index in [1.807, 2.05) is 4.90 Å². The van der Waals surface area contributed by atoms with Gasteiger partial charge in [0.05, 0.1) is 0 Å². The summed E-state index contributed by atoms with van der Waals surface area (Å²) in [6.07, 6.45) is 11.0. The molecule has 4 nitrogen and oxygen atoms in total. The van der Waals surface area contributed by atoms with Crippen LogP contribution in [0.4, 0.5) is 4.79 Å². The number of unbranched alkanes of at least 4 members (excludes halogenated alkanes) is 1. The Morgan fingerprint density at radius 3 is 2.71 bits per heavy atom. The van der Waals surface area contributed by atoms with Crippen molar-refractivity contribution in [2.75, 3.05) is 39.3 Å². The molecule has 0 bridgehead atoms. The van der Waals surface area contributed by atoms with E-state index in [1.165, 1.54) is 50.6 Å². The van der Waals surface area contributed by atoms with Crippen LogP contribution in [0.15, 0.2) is 11.6 Å². The van der Waals surface area contributed by atoms with Gasteiger partial charge in [-0.25, -0.2) is 4.79 Å². The van der Waals surface area contributed by atoms with Gasteiger partial charge in [0.15, 0.2) is 0 Å². The Balaban J connectivity index is 1.60. The fraction of sp³-hybridized carbons (Fsp3) is 0.824. The van der Waals surface area contributed by atoms with Gasteiger partial charge in [-0.15, -0.1) is 0 Å². The van der Waals surface area contributed by atoms with Gasteiger partial charge in [-0.3, -0.25) is 4.90 Å². The lowest BCUT2D eigenvalue weighted by Crippen LogP contribution is -2.52. The first-order valence-corrected chi connectivity index (χ1v) is 8.72. The summed E-state index contributed by atoms with van der Waals surface area (Å²) in [4.78, 5) is 16.6. The lowest BCUT2D eigenvalue weighted by molar-refractivity contribution is 0.138. The van der Waals surface area contributed by atoms with Crippen molar-refractivity contribution in [3.63, 3.8) is 0 Å². The zero-order chi connectivity index (χ0) is 14.9. The van der Waals surface area contributed by atoms with Crippen molar-refractivity contribution in [3.8, 4) is 0 Å². The number of hydrogen-bond acceptors (Lipinski definition) is 2. The lowest BCUT2D eigenvalue weighted by Gasteiger charge is -2.34. The maximum absolute atomic E-state index is 12.1.